The van der Waals surface area contributed by atoms with E-state index in [1.54, 1.807) is 25.1 Å². The molecule has 1 amide bonds. The molecule has 0 aliphatic heterocycles. The van der Waals surface area contributed by atoms with Crippen LogP contribution in [0, 0.1) is 0 Å². The second-order valence-corrected chi connectivity index (χ2v) is 3.51. The quantitative estimate of drug-likeness (QED) is 0.740. The zero-order valence-corrected chi connectivity index (χ0v) is 9.53. The van der Waals surface area contributed by atoms with Gasteiger partial charge in [-0.1, -0.05) is 0 Å². The Hall–Kier alpha value is -1.62. The molecule has 0 atom stereocenters. The zero-order valence-electron chi connectivity index (χ0n) is 9.53. The highest BCUT2D eigenvalue weighted by Gasteiger charge is 2.11. The highest BCUT2D eigenvalue weighted by atomic mass is 16.5. The topological polar surface area (TPSA) is 62.4 Å². The first-order valence-electron chi connectivity index (χ1n) is 5.08. The van der Waals surface area contributed by atoms with Crippen LogP contribution in [-0.4, -0.2) is 43.1 Å². The van der Waals surface area contributed by atoms with Crippen LogP contribution >= 0.6 is 0 Å². The van der Waals surface area contributed by atoms with Crippen LogP contribution in [-0.2, 0) is 4.74 Å². The number of carbonyl (C=O) groups excluding carboxylic acids is 1. The zero-order chi connectivity index (χ0) is 12.0. The number of aromatic nitrogens is 1. The molecule has 0 aliphatic rings. The summed E-state index contributed by atoms with van der Waals surface area (Å²) in [6, 6.07) is 2.89. The van der Waals surface area contributed by atoms with Crippen molar-refractivity contribution in [3.63, 3.8) is 0 Å². The van der Waals surface area contributed by atoms with Crippen molar-refractivity contribution in [2.75, 3.05) is 27.3 Å². The number of pyridine rings is 1. The molecule has 1 aromatic rings. The van der Waals surface area contributed by atoms with Crippen LogP contribution in [0.15, 0.2) is 23.1 Å². The number of amides is 1. The Labute approximate surface area is 94.0 Å². The number of hydrogen-bond acceptors (Lipinski definition) is 3. The Morgan fingerprint density at radius 2 is 2.31 bits per heavy atom. The molecule has 16 heavy (non-hydrogen) atoms. The van der Waals surface area contributed by atoms with Crippen LogP contribution in [0.25, 0.3) is 0 Å². The van der Waals surface area contributed by atoms with E-state index in [4.69, 9.17) is 4.74 Å². The monoisotopic (exact) mass is 224 g/mol. The van der Waals surface area contributed by atoms with Crippen LogP contribution in [0.1, 0.15) is 16.8 Å². The van der Waals surface area contributed by atoms with Gasteiger partial charge in [0.05, 0.1) is 0 Å². The molecule has 88 valence electrons. The molecule has 0 saturated heterocycles. The van der Waals surface area contributed by atoms with Gasteiger partial charge in [-0.3, -0.25) is 9.59 Å². The minimum absolute atomic E-state index is 0.151. The Bertz CT molecular complexity index is 400. The lowest BCUT2D eigenvalue weighted by Crippen LogP contribution is -2.29. The Balaban J connectivity index is 2.60. The molecule has 0 bridgehead atoms. The fourth-order valence-corrected chi connectivity index (χ4v) is 1.35. The van der Waals surface area contributed by atoms with Gasteiger partial charge < -0.3 is 14.6 Å². The number of ether oxygens (including phenoxy) is 1. The minimum Gasteiger partial charge on any atom is -0.385 e. The molecule has 0 fully saturated rings. The van der Waals surface area contributed by atoms with Crippen LogP contribution < -0.4 is 5.56 Å². The largest absolute Gasteiger partial charge is 0.385 e. The SMILES string of the molecule is COCCCN(C)C(=O)c1cc[nH]c(=O)c1. The minimum atomic E-state index is -0.267. The van der Waals surface area contributed by atoms with E-state index < -0.39 is 0 Å². The third-order valence-corrected chi connectivity index (χ3v) is 2.21. The van der Waals surface area contributed by atoms with Crippen LogP contribution in [0.2, 0.25) is 0 Å². The number of nitrogens with zero attached hydrogens (tertiary/aromatic N) is 1. The summed E-state index contributed by atoms with van der Waals surface area (Å²) in [6.07, 6.45) is 2.25. The number of H-pyrrole nitrogens is 1. The van der Waals surface area contributed by atoms with Crippen molar-refractivity contribution < 1.29 is 9.53 Å². The van der Waals surface area contributed by atoms with E-state index in [0.717, 1.165) is 6.42 Å². The van der Waals surface area contributed by atoms with E-state index in [-0.39, 0.29) is 11.5 Å². The molecule has 0 unspecified atom stereocenters. The fraction of sp³-hybridized carbons (Fsp3) is 0.455. The van der Waals surface area contributed by atoms with Crippen molar-refractivity contribution >= 4 is 5.91 Å². The molecular formula is C11H16N2O3. The molecule has 5 heteroatoms. The highest BCUT2D eigenvalue weighted by Crippen LogP contribution is 2.00. The van der Waals surface area contributed by atoms with E-state index in [2.05, 4.69) is 4.98 Å². The summed E-state index contributed by atoms with van der Waals surface area (Å²) in [5, 5.41) is 0. The summed E-state index contributed by atoms with van der Waals surface area (Å²) in [6.45, 7) is 1.23. The van der Waals surface area contributed by atoms with Crippen LogP contribution in [0.5, 0.6) is 0 Å². The molecule has 1 aromatic heterocycles. The van der Waals surface area contributed by atoms with Crippen LogP contribution in [0.4, 0.5) is 0 Å². The van der Waals surface area contributed by atoms with Crippen molar-refractivity contribution in [2.24, 2.45) is 0 Å². The molecule has 1 heterocycles. The standard InChI is InChI=1S/C11H16N2O3/c1-13(6-3-7-16-2)11(15)9-4-5-12-10(14)8-9/h4-5,8H,3,6-7H2,1-2H3,(H,12,14). The number of carbonyl (C=O) groups is 1. The maximum atomic E-state index is 11.8. The molecule has 1 N–H and O–H groups in total. The maximum absolute atomic E-state index is 11.8. The lowest BCUT2D eigenvalue weighted by molar-refractivity contribution is 0.0779. The first kappa shape index (κ1) is 12.4. The van der Waals surface area contributed by atoms with Crippen molar-refractivity contribution in [1.82, 2.24) is 9.88 Å². The summed E-state index contributed by atoms with van der Waals surface area (Å²) >= 11 is 0. The molecule has 1 rings (SSSR count). The van der Waals surface area contributed by atoms with E-state index in [9.17, 15) is 9.59 Å². The van der Waals surface area contributed by atoms with E-state index in [1.807, 2.05) is 0 Å². The van der Waals surface area contributed by atoms with Gasteiger partial charge in [0, 0.05) is 45.1 Å². The van der Waals surface area contributed by atoms with Gasteiger partial charge in [0.15, 0.2) is 0 Å². The molecule has 0 radical (unpaired) electrons. The van der Waals surface area contributed by atoms with Crippen molar-refractivity contribution in [1.29, 1.82) is 0 Å². The number of aromatic amines is 1. The number of methoxy groups -OCH3 is 1. The molecule has 5 nitrogen and oxygen atoms in total. The van der Waals surface area contributed by atoms with Gasteiger partial charge in [-0.15, -0.1) is 0 Å². The van der Waals surface area contributed by atoms with Crippen LogP contribution in [0.3, 0.4) is 0 Å². The fourth-order valence-electron chi connectivity index (χ4n) is 1.35. The van der Waals surface area contributed by atoms with E-state index in [0.29, 0.717) is 18.7 Å². The Kier molecular flexibility index (Phi) is 4.72. The van der Waals surface area contributed by atoms with E-state index in [1.165, 1.54) is 12.3 Å². The summed E-state index contributed by atoms with van der Waals surface area (Å²) in [5.74, 6) is -0.151. The maximum Gasteiger partial charge on any atom is 0.253 e. The average Bonchev–Trinajstić information content (AvgIpc) is 2.28. The second kappa shape index (κ2) is 6.07. The third kappa shape index (κ3) is 3.51. The van der Waals surface area contributed by atoms with Gasteiger partial charge in [-0.2, -0.15) is 0 Å². The Morgan fingerprint density at radius 1 is 1.56 bits per heavy atom. The molecule has 0 saturated carbocycles. The van der Waals surface area contributed by atoms with Crippen molar-refractivity contribution in [3.8, 4) is 0 Å². The highest BCUT2D eigenvalue weighted by molar-refractivity contribution is 5.93. The third-order valence-electron chi connectivity index (χ3n) is 2.21. The molecular weight excluding hydrogens is 208 g/mol. The summed E-state index contributed by atoms with van der Waals surface area (Å²) < 4.78 is 4.90. The summed E-state index contributed by atoms with van der Waals surface area (Å²) in [5.41, 5.74) is 0.139. The molecule has 0 aliphatic carbocycles. The molecule has 0 spiro atoms. The first-order valence-corrected chi connectivity index (χ1v) is 5.08. The molecule has 0 aromatic carbocycles. The number of rotatable bonds is 5. The van der Waals surface area contributed by atoms with Gasteiger partial charge in [0.25, 0.3) is 5.91 Å². The van der Waals surface area contributed by atoms with Gasteiger partial charge in [-0.25, -0.2) is 0 Å². The predicted molar refractivity (Wildman–Crippen MR) is 60.5 cm³/mol. The van der Waals surface area contributed by atoms with Crippen molar-refractivity contribution in [3.05, 3.63) is 34.2 Å². The van der Waals surface area contributed by atoms with Gasteiger partial charge in [0.1, 0.15) is 0 Å². The normalized spacial score (nSPS) is 10.1. The second-order valence-electron chi connectivity index (χ2n) is 3.51. The summed E-state index contributed by atoms with van der Waals surface area (Å²) in [4.78, 5) is 26.9. The lowest BCUT2D eigenvalue weighted by Gasteiger charge is -2.16. The van der Waals surface area contributed by atoms with Gasteiger partial charge in [-0.05, 0) is 12.5 Å². The first-order chi connectivity index (χ1) is 7.65. The van der Waals surface area contributed by atoms with E-state index >= 15 is 0 Å². The number of hydrogen-bond donors (Lipinski definition) is 1. The van der Waals surface area contributed by atoms with Crippen molar-refractivity contribution in [2.45, 2.75) is 6.42 Å². The number of nitrogens with one attached hydrogen (secondary N) is 1. The van der Waals surface area contributed by atoms with Gasteiger partial charge in [0.2, 0.25) is 5.56 Å². The van der Waals surface area contributed by atoms with Gasteiger partial charge >= 0.3 is 0 Å². The lowest BCUT2D eigenvalue weighted by atomic mass is 10.2. The summed E-state index contributed by atoms with van der Waals surface area (Å²) in [7, 11) is 3.33. The predicted octanol–water partition coefficient (Wildman–Crippen LogP) is 0.483. The average molecular weight is 224 g/mol. The smallest absolute Gasteiger partial charge is 0.253 e. The Morgan fingerprint density at radius 3 is 2.94 bits per heavy atom.